The van der Waals surface area contributed by atoms with Gasteiger partial charge in [-0.05, 0) is 26.7 Å². The van der Waals surface area contributed by atoms with Crippen LogP contribution in [0.15, 0.2) is 0 Å². The van der Waals surface area contributed by atoms with E-state index in [-0.39, 0.29) is 12.1 Å². The van der Waals surface area contributed by atoms with Crippen LogP contribution in [0, 0.1) is 0 Å². The third-order valence-electron chi connectivity index (χ3n) is 3.08. The molecule has 1 atom stereocenters. The van der Waals surface area contributed by atoms with Crippen LogP contribution >= 0.6 is 0 Å². The summed E-state index contributed by atoms with van der Waals surface area (Å²) in [4.78, 5) is 10.9. The van der Waals surface area contributed by atoms with Gasteiger partial charge in [0.15, 0.2) is 0 Å². The summed E-state index contributed by atoms with van der Waals surface area (Å²) in [6.45, 7) is 14.6. The lowest BCUT2D eigenvalue weighted by atomic mass is 10.2. The number of rotatable bonds is 8. The molecule has 0 fully saturated rings. The Morgan fingerprint density at radius 3 is 2.00 bits per heavy atom. The summed E-state index contributed by atoms with van der Waals surface area (Å²) in [6, 6.07) is 0. The molecule has 1 unspecified atom stereocenters. The van der Waals surface area contributed by atoms with Gasteiger partial charge in [-0.15, -0.1) is 0 Å². The Labute approximate surface area is 100 Å². The molecule has 0 aliphatic heterocycles. The maximum absolute atomic E-state index is 10.9. The molecule has 3 heteroatoms. The van der Waals surface area contributed by atoms with E-state index < -0.39 is 0 Å². The number of hydrogen-bond acceptors (Lipinski definition) is 2. The zero-order valence-corrected chi connectivity index (χ0v) is 11.6. The monoisotopic (exact) mass is 230 g/mol. The summed E-state index contributed by atoms with van der Waals surface area (Å²) in [5.41, 5.74) is 0. The van der Waals surface area contributed by atoms with E-state index in [1.165, 1.54) is 32.9 Å². The van der Waals surface area contributed by atoms with Crippen molar-refractivity contribution in [3.8, 4) is 0 Å². The van der Waals surface area contributed by atoms with Crippen molar-refractivity contribution in [1.82, 2.24) is 0 Å². The molecule has 16 heavy (non-hydrogen) atoms. The van der Waals surface area contributed by atoms with Gasteiger partial charge in [0.05, 0.1) is 19.6 Å². The van der Waals surface area contributed by atoms with Gasteiger partial charge in [-0.25, -0.2) is 0 Å². The number of carbonyl (C=O) groups is 1. The van der Waals surface area contributed by atoms with Gasteiger partial charge in [-0.2, -0.15) is 0 Å². The van der Waals surface area contributed by atoms with Gasteiger partial charge in [-0.3, -0.25) is 4.79 Å². The smallest absolute Gasteiger partial charge is 0.303 e. The predicted octanol–water partition coefficient (Wildman–Crippen LogP) is 2.59. The fourth-order valence-electron chi connectivity index (χ4n) is 2.55. The molecule has 0 saturated carbocycles. The first-order valence-corrected chi connectivity index (χ1v) is 6.52. The average Bonchev–Trinajstić information content (AvgIpc) is 2.16. The molecule has 0 radical (unpaired) electrons. The number of quaternary nitrogens is 1. The molecule has 0 rings (SSSR count). The van der Waals surface area contributed by atoms with E-state index in [1.54, 1.807) is 0 Å². The summed E-state index contributed by atoms with van der Waals surface area (Å²) < 4.78 is 6.32. The van der Waals surface area contributed by atoms with E-state index >= 15 is 0 Å². The highest BCUT2D eigenvalue weighted by Crippen LogP contribution is 2.12. The summed E-state index contributed by atoms with van der Waals surface area (Å²) in [5.74, 6) is -0.172. The van der Waals surface area contributed by atoms with Gasteiger partial charge in [0.1, 0.15) is 12.6 Å². The fraction of sp³-hybridized carbons (Fsp3) is 0.923. The highest BCUT2D eigenvalue weighted by Gasteiger charge is 2.27. The van der Waals surface area contributed by atoms with Gasteiger partial charge in [0.2, 0.25) is 0 Å². The minimum absolute atomic E-state index is 0.0237. The minimum Gasteiger partial charge on any atom is -0.457 e. The first-order chi connectivity index (χ1) is 7.49. The lowest BCUT2D eigenvalue weighted by Gasteiger charge is -2.39. The Morgan fingerprint density at radius 2 is 1.69 bits per heavy atom. The van der Waals surface area contributed by atoms with Gasteiger partial charge in [0, 0.05) is 6.92 Å². The number of esters is 1. The number of likely N-dealkylation sites (N-methyl/N-ethyl adjacent to an activating group) is 1. The van der Waals surface area contributed by atoms with E-state index in [0.29, 0.717) is 0 Å². The van der Waals surface area contributed by atoms with Crippen LogP contribution in [0.1, 0.15) is 47.5 Å². The summed E-state index contributed by atoms with van der Waals surface area (Å²) >= 11 is 0. The molecule has 0 aromatic rings. The van der Waals surface area contributed by atoms with Crippen molar-refractivity contribution in [3.05, 3.63) is 0 Å². The average molecular weight is 230 g/mol. The Morgan fingerprint density at radius 1 is 1.19 bits per heavy atom. The van der Waals surface area contributed by atoms with Crippen LogP contribution < -0.4 is 0 Å². The highest BCUT2D eigenvalue weighted by atomic mass is 16.5. The van der Waals surface area contributed by atoms with E-state index in [9.17, 15) is 4.79 Å². The predicted molar refractivity (Wildman–Crippen MR) is 67.2 cm³/mol. The lowest BCUT2D eigenvalue weighted by molar-refractivity contribution is -0.929. The molecule has 0 bridgehead atoms. The van der Waals surface area contributed by atoms with Crippen molar-refractivity contribution < 1.29 is 14.0 Å². The lowest BCUT2D eigenvalue weighted by Crippen LogP contribution is -2.53. The normalized spacial score (nSPS) is 13.6. The number of nitrogens with zero attached hydrogens (tertiary/aromatic N) is 1. The van der Waals surface area contributed by atoms with Crippen LogP contribution in [0.5, 0.6) is 0 Å². The van der Waals surface area contributed by atoms with Crippen LogP contribution in [0.25, 0.3) is 0 Å². The van der Waals surface area contributed by atoms with Crippen molar-refractivity contribution >= 4 is 5.97 Å². The summed E-state index contributed by atoms with van der Waals surface area (Å²) in [6.07, 6.45) is 2.39. The molecule has 0 heterocycles. The highest BCUT2D eigenvalue weighted by molar-refractivity contribution is 5.66. The van der Waals surface area contributed by atoms with Crippen molar-refractivity contribution in [3.63, 3.8) is 0 Å². The second-order valence-electron chi connectivity index (χ2n) is 4.71. The molecule has 0 N–H and O–H groups in total. The minimum atomic E-state index is -0.172. The fourth-order valence-corrected chi connectivity index (χ4v) is 2.55. The second kappa shape index (κ2) is 7.66. The largest absolute Gasteiger partial charge is 0.457 e. The standard InChI is InChI=1S/C13H28NO2/c1-6-9-14(8-3,10-7-2)11-12(4)16-13(5)15/h12H,6-11H2,1-5H3/q+1. The van der Waals surface area contributed by atoms with Gasteiger partial charge >= 0.3 is 5.97 Å². The van der Waals surface area contributed by atoms with Gasteiger partial charge < -0.3 is 9.22 Å². The van der Waals surface area contributed by atoms with Gasteiger partial charge in [-0.1, -0.05) is 13.8 Å². The number of ether oxygens (including phenoxy) is 1. The van der Waals surface area contributed by atoms with Crippen LogP contribution in [-0.2, 0) is 9.53 Å². The second-order valence-corrected chi connectivity index (χ2v) is 4.71. The van der Waals surface area contributed by atoms with Gasteiger partial charge in [0.25, 0.3) is 0 Å². The molecule has 0 saturated heterocycles. The summed E-state index contributed by atoms with van der Waals surface area (Å²) in [5, 5.41) is 0. The zero-order valence-electron chi connectivity index (χ0n) is 11.6. The topological polar surface area (TPSA) is 26.3 Å². The maximum atomic E-state index is 10.9. The molecule has 0 spiro atoms. The molecule has 0 aromatic heterocycles. The molecular formula is C13H28NO2+. The molecule has 0 amide bonds. The quantitative estimate of drug-likeness (QED) is 0.473. The SMILES string of the molecule is CCC[N+](CC)(CCC)CC(C)OC(C)=O. The Kier molecular flexibility index (Phi) is 7.39. The van der Waals surface area contributed by atoms with Crippen molar-refractivity contribution in [2.24, 2.45) is 0 Å². The van der Waals surface area contributed by atoms with Crippen LogP contribution in [0.4, 0.5) is 0 Å². The van der Waals surface area contributed by atoms with Crippen molar-refractivity contribution in [2.75, 3.05) is 26.2 Å². The Balaban J connectivity index is 4.43. The molecule has 0 aliphatic carbocycles. The van der Waals surface area contributed by atoms with Crippen molar-refractivity contribution in [1.29, 1.82) is 0 Å². The van der Waals surface area contributed by atoms with E-state index in [0.717, 1.165) is 17.6 Å². The van der Waals surface area contributed by atoms with Crippen molar-refractivity contribution in [2.45, 2.75) is 53.6 Å². The molecule has 3 nitrogen and oxygen atoms in total. The van der Waals surface area contributed by atoms with Crippen LogP contribution in [0.2, 0.25) is 0 Å². The third-order valence-corrected chi connectivity index (χ3v) is 3.08. The molecule has 96 valence electrons. The molecular weight excluding hydrogens is 202 g/mol. The maximum Gasteiger partial charge on any atom is 0.303 e. The van der Waals surface area contributed by atoms with E-state index in [4.69, 9.17) is 4.74 Å². The first kappa shape index (κ1) is 15.4. The Bertz CT molecular complexity index is 198. The molecule has 0 aliphatic rings. The number of hydrogen-bond donors (Lipinski definition) is 0. The number of carbonyl (C=O) groups excluding carboxylic acids is 1. The van der Waals surface area contributed by atoms with E-state index in [2.05, 4.69) is 20.8 Å². The zero-order chi connectivity index (χ0) is 12.6. The third kappa shape index (κ3) is 5.50. The first-order valence-electron chi connectivity index (χ1n) is 6.52. The Hall–Kier alpha value is -0.570. The van der Waals surface area contributed by atoms with Crippen LogP contribution in [-0.4, -0.2) is 42.7 Å². The van der Waals surface area contributed by atoms with Crippen LogP contribution in [0.3, 0.4) is 0 Å². The van der Waals surface area contributed by atoms with E-state index in [1.807, 2.05) is 6.92 Å². The summed E-state index contributed by atoms with van der Waals surface area (Å²) in [7, 11) is 0. The molecule has 0 aromatic carbocycles.